The summed E-state index contributed by atoms with van der Waals surface area (Å²) in [6.45, 7) is 7.14. The Bertz CT molecular complexity index is 621. The number of nitrogens with one attached hydrogen (secondary N) is 1. The van der Waals surface area contributed by atoms with E-state index in [-0.39, 0.29) is 5.78 Å². The number of Topliss-reactive ketones (excluding diaryl/α,β-unsaturated/α-hetero) is 1. The average Bonchev–Trinajstić information content (AvgIpc) is 2.52. The van der Waals surface area contributed by atoms with Crippen LogP contribution in [0.25, 0.3) is 11.1 Å². The molecule has 0 atom stereocenters. The average molecular weight is 297 g/mol. The van der Waals surface area contributed by atoms with Gasteiger partial charge in [-0.05, 0) is 36.2 Å². The van der Waals surface area contributed by atoms with E-state index in [4.69, 9.17) is 4.74 Å². The first kappa shape index (κ1) is 16.2. The van der Waals surface area contributed by atoms with Crippen molar-refractivity contribution in [1.29, 1.82) is 0 Å². The van der Waals surface area contributed by atoms with Gasteiger partial charge in [-0.3, -0.25) is 4.79 Å². The molecule has 116 valence electrons. The molecule has 22 heavy (non-hydrogen) atoms. The maximum atomic E-state index is 11.7. The monoisotopic (exact) mass is 297 g/mol. The van der Waals surface area contributed by atoms with Crippen LogP contribution in [-0.4, -0.2) is 25.0 Å². The lowest BCUT2D eigenvalue weighted by atomic mass is 10.0. The van der Waals surface area contributed by atoms with Crippen molar-refractivity contribution in [2.24, 2.45) is 0 Å². The van der Waals surface area contributed by atoms with Gasteiger partial charge in [-0.2, -0.15) is 0 Å². The largest absolute Gasteiger partial charge is 0.492 e. The zero-order valence-electron chi connectivity index (χ0n) is 13.4. The molecule has 0 saturated heterocycles. The number of benzene rings is 2. The molecule has 0 aliphatic heterocycles. The lowest BCUT2D eigenvalue weighted by Crippen LogP contribution is -2.27. The summed E-state index contributed by atoms with van der Waals surface area (Å²) in [5.74, 6) is 0.778. The van der Waals surface area contributed by atoms with E-state index in [1.807, 2.05) is 48.5 Å². The molecular formula is C19H23NO2. The normalized spacial score (nSPS) is 10.7. The molecular weight excluding hydrogens is 274 g/mol. The third-order valence-electron chi connectivity index (χ3n) is 3.34. The summed E-state index contributed by atoms with van der Waals surface area (Å²) >= 11 is 0. The minimum atomic E-state index is 0.0444. The van der Waals surface area contributed by atoms with E-state index in [9.17, 15) is 4.79 Å². The van der Waals surface area contributed by atoms with Crippen molar-refractivity contribution in [3.8, 4) is 16.9 Å². The second kappa shape index (κ2) is 7.76. The van der Waals surface area contributed by atoms with Crippen LogP contribution in [0.5, 0.6) is 5.75 Å². The van der Waals surface area contributed by atoms with Crippen LogP contribution in [0, 0.1) is 0 Å². The Labute approximate surface area is 132 Å². The van der Waals surface area contributed by atoms with Crippen molar-refractivity contribution in [2.45, 2.75) is 26.8 Å². The molecule has 0 fully saturated rings. The Balaban J connectivity index is 2.19. The van der Waals surface area contributed by atoms with Crippen LogP contribution in [0.15, 0.2) is 48.5 Å². The smallest absolute Gasteiger partial charge is 0.159 e. The van der Waals surface area contributed by atoms with Gasteiger partial charge in [-0.25, -0.2) is 0 Å². The highest BCUT2D eigenvalue weighted by molar-refractivity contribution is 5.95. The Hall–Kier alpha value is -2.13. The molecule has 0 spiro atoms. The van der Waals surface area contributed by atoms with E-state index < -0.39 is 0 Å². The maximum absolute atomic E-state index is 11.7. The van der Waals surface area contributed by atoms with E-state index in [1.54, 1.807) is 6.92 Å². The van der Waals surface area contributed by atoms with Crippen LogP contribution < -0.4 is 10.1 Å². The molecule has 0 aliphatic rings. The molecule has 3 nitrogen and oxygen atoms in total. The highest BCUT2D eigenvalue weighted by Gasteiger charge is 2.07. The summed E-state index contributed by atoms with van der Waals surface area (Å²) in [7, 11) is 0. The quantitative estimate of drug-likeness (QED) is 0.621. The maximum Gasteiger partial charge on any atom is 0.159 e. The van der Waals surface area contributed by atoms with Crippen LogP contribution >= 0.6 is 0 Å². The van der Waals surface area contributed by atoms with Gasteiger partial charge in [0.15, 0.2) is 5.78 Å². The predicted octanol–water partition coefficient (Wildman–Crippen LogP) is 3.93. The minimum Gasteiger partial charge on any atom is -0.492 e. The molecule has 0 aliphatic carbocycles. The highest BCUT2D eigenvalue weighted by atomic mass is 16.5. The fourth-order valence-electron chi connectivity index (χ4n) is 2.20. The molecule has 0 heterocycles. The summed E-state index contributed by atoms with van der Waals surface area (Å²) in [5.41, 5.74) is 2.75. The Morgan fingerprint density at radius 1 is 1.09 bits per heavy atom. The number of ketones is 1. The summed E-state index contributed by atoms with van der Waals surface area (Å²) in [4.78, 5) is 11.7. The molecule has 3 heteroatoms. The molecule has 0 saturated carbocycles. The van der Waals surface area contributed by atoms with E-state index in [0.717, 1.165) is 23.4 Å². The Morgan fingerprint density at radius 3 is 2.45 bits per heavy atom. The molecule has 0 aromatic heterocycles. The van der Waals surface area contributed by atoms with Crippen LogP contribution in [0.4, 0.5) is 0 Å². The highest BCUT2D eigenvalue weighted by Crippen LogP contribution is 2.26. The van der Waals surface area contributed by atoms with Crippen LogP contribution in [-0.2, 0) is 0 Å². The Kier molecular flexibility index (Phi) is 5.73. The number of hydrogen-bond donors (Lipinski definition) is 1. The van der Waals surface area contributed by atoms with Gasteiger partial charge in [0.05, 0.1) is 0 Å². The van der Waals surface area contributed by atoms with Crippen LogP contribution in [0.2, 0.25) is 0 Å². The van der Waals surface area contributed by atoms with Gasteiger partial charge in [0.1, 0.15) is 12.4 Å². The van der Waals surface area contributed by atoms with E-state index >= 15 is 0 Å². The molecule has 0 amide bonds. The standard InChI is InChI=1S/C19H23NO2/c1-14(2)20-9-10-22-19-12-17(15(3)21)11-18(13-19)16-7-5-4-6-8-16/h4-8,11-14,20H,9-10H2,1-3H3. The fraction of sp³-hybridized carbons (Fsp3) is 0.316. The zero-order chi connectivity index (χ0) is 15.9. The second-order valence-electron chi connectivity index (χ2n) is 5.63. The Morgan fingerprint density at radius 2 is 1.82 bits per heavy atom. The first-order valence-corrected chi connectivity index (χ1v) is 7.64. The molecule has 0 radical (unpaired) electrons. The number of carbonyl (C=O) groups excluding carboxylic acids is 1. The van der Waals surface area contributed by atoms with Crippen molar-refractivity contribution < 1.29 is 9.53 Å². The summed E-state index contributed by atoms with van der Waals surface area (Å²) in [5, 5.41) is 3.31. The van der Waals surface area contributed by atoms with Gasteiger partial charge in [0.25, 0.3) is 0 Å². The van der Waals surface area contributed by atoms with Gasteiger partial charge < -0.3 is 10.1 Å². The zero-order valence-corrected chi connectivity index (χ0v) is 13.4. The van der Waals surface area contributed by atoms with Crippen LogP contribution in [0.1, 0.15) is 31.1 Å². The van der Waals surface area contributed by atoms with E-state index in [2.05, 4.69) is 19.2 Å². The first-order chi connectivity index (χ1) is 10.6. The fourth-order valence-corrected chi connectivity index (χ4v) is 2.20. The predicted molar refractivity (Wildman–Crippen MR) is 90.5 cm³/mol. The summed E-state index contributed by atoms with van der Waals surface area (Å²) < 4.78 is 5.79. The minimum absolute atomic E-state index is 0.0444. The van der Waals surface area contributed by atoms with Crippen molar-refractivity contribution in [2.75, 3.05) is 13.2 Å². The third-order valence-corrected chi connectivity index (χ3v) is 3.34. The van der Waals surface area contributed by atoms with Crippen LogP contribution in [0.3, 0.4) is 0 Å². The third kappa shape index (κ3) is 4.71. The first-order valence-electron chi connectivity index (χ1n) is 7.64. The van der Waals surface area contributed by atoms with E-state index in [1.165, 1.54) is 0 Å². The van der Waals surface area contributed by atoms with Gasteiger partial charge in [-0.15, -0.1) is 0 Å². The number of ether oxygens (including phenoxy) is 1. The van der Waals surface area contributed by atoms with Crippen molar-refractivity contribution in [3.63, 3.8) is 0 Å². The van der Waals surface area contributed by atoms with Crippen molar-refractivity contribution >= 4 is 5.78 Å². The molecule has 2 rings (SSSR count). The van der Waals surface area contributed by atoms with Gasteiger partial charge in [0.2, 0.25) is 0 Å². The molecule has 0 bridgehead atoms. The van der Waals surface area contributed by atoms with E-state index in [0.29, 0.717) is 18.2 Å². The van der Waals surface area contributed by atoms with Gasteiger partial charge in [0, 0.05) is 18.2 Å². The summed E-state index contributed by atoms with van der Waals surface area (Å²) in [6.07, 6.45) is 0. The second-order valence-corrected chi connectivity index (χ2v) is 5.63. The van der Waals surface area contributed by atoms with Gasteiger partial charge in [-0.1, -0.05) is 44.2 Å². The number of carbonyl (C=O) groups is 1. The lowest BCUT2D eigenvalue weighted by Gasteiger charge is -2.12. The number of rotatable bonds is 7. The molecule has 0 unspecified atom stereocenters. The lowest BCUT2D eigenvalue weighted by molar-refractivity contribution is 0.101. The SMILES string of the molecule is CC(=O)c1cc(OCCNC(C)C)cc(-c2ccccc2)c1. The van der Waals surface area contributed by atoms with Crippen molar-refractivity contribution in [1.82, 2.24) is 5.32 Å². The number of hydrogen-bond acceptors (Lipinski definition) is 3. The topological polar surface area (TPSA) is 38.3 Å². The van der Waals surface area contributed by atoms with Crippen molar-refractivity contribution in [3.05, 3.63) is 54.1 Å². The summed E-state index contributed by atoms with van der Waals surface area (Å²) in [6, 6.07) is 16.2. The molecule has 2 aromatic rings. The molecule has 2 aromatic carbocycles. The molecule has 1 N–H and O–H groups in total. The van der Waals surface area contributed by atoms with Gasteiger partial charge >= 0.3 is 0 Å².